The molecular weight excluding hydrogens is 218 g/mol. The first-order valence-corrected chi connectivity index (χ1v) is 5.18. The van der Waals surface area contributed by atoms with E-state index < -0.39 is 0 Å². The molecule has 1 rings (SSSR count). The Balaban J connectivity index is 0.00000196. The van der Waals surface area contributed by atoms with Crippen molar-refractivity contribution in [2.45, 2.75) is 19.3 Å². The van der Waals surface area contributed by atoms with Crippen LogP contribution in [0.15, 0.2) is 0 Å². The summed E-state index contributed by atoms with van der Waals surface area (Å²) in [7, 11) is 1.40. The van der Waals surface area contributed by atoms with E-state index in [9.17, 15) is 4.79 Å². The van der Waals surface area contributed by atoms with Crippen molar-refractivity contribution >= 4 is 18.4 Å². The lowest BCUT2D eigenvalue weighted by molar-refractivity contribution is -0.141. The van der Waals surface area contributed by atoms with Crippen LogP contribution in [0.2, 0.25) is 0 Å². The van der Waals surface area contributed by atoms with Gasteiger partial charge in [-0.15, -0.1) is 12.4 Å². The van der Waals surface area contributed by atoms with E-state index in [4.69, 9.17) is 4.74 Å². The average Bonchev–Trinajstić information content (AvgIpc) is 2.25. The van der Waals surface area contributed by atoms with E-state index in [2.05, 4.69) is 10.1 Å². The summed E-state index contributed by atoms with van der Waals surface area (Å²) in [6, 6.07) is 0. The van der Waals surface area contributed by atoms with Crippen LogP contribution in [0.5, 0.6) is 0 Å². The van der Waals surface area contributed by atoms with Crippen LogP contribution in [0, 0.1) is 5.92 Å². The summed E-state index contributed by atoms with van der Waals surface area (Å²) in [5.41, 5.74) is 0. The highest BCUT2D eigenvalue weighted by atomic mass is 35.5. The fraction of sp³-hybridized carbons (Fsp3) is 0.900. The zero-order chi connectivity index (χ0) is 10.2. The van der Waals surface area contributed by atoms with E-state index in [1.807, 2.05) is 0 Å². The monoisotopic (exact) mass is 237 g/mol. The Morgan fingerprint density at radius 2 is 2.07 bits per heavy atom. The third-order valence-corrected chi connectivity index (χ3v) is 2.49. The number of rotatable bonds is 5. The van der Waals surface area contributed by atoms with Crippen molar-refractivity contribution in [1.29, 1.82) is 0 Å². The molecule has 0 aromatic carbocycles. The molecule has 0 aromatic rings. The van der Waals surface area contributed by atoms with E-state index in [1.54, 1.807) is 0 Å². The number of carbonyl (C=O) groups is 1. The lowest BCUT2D eigenvalue weighted by Gasteiger charge is -2.22. The predicted octanol–water partition coefficient (Wildman–Crippen LogP) is 0.988. The summed E-state index contributed by atoms with van der Waals surface area (Å²) in [6.45, 7) is 3.44. The molecule has 1 N–H and O–H groups in total. The van der Waals surface area contributed by atoms with E-state index in [0.29, 0.717) is 18.9 Å². The standard InChI is InChI=1S/C10H19NO3.ClH/c1-13-10(12)4-7-14-8-9-2-5-11-6-3-9;/h9,11H,2-8H2,1H3;1H. The van der Waals surface area contributed by atoms with Gasteiger partial charge in [-0.1, -0.05) is 0 Å². The molecule has 1 aliphatic rings. The fourth-order valence-electron chi connectivity index (χ4n) is 1.56. The van der Waals surface area contributed by atoms with Crippen LogP contribution < -0.4 is 5.32 Å². The van der Waals surface area contributed by atoms with Crippen molar-refractivity contribution < 1.29 is 14.3 Å². The van der Waals surface area contributed by atoms with Gasteiger partial charge in [-0.05, 0) is 31.8 Å². The number of carbonyl (C=O) groups excluding carboxylic acids is 1. The van der Waals surface area contributed by atoms with Gasteiger partial charge in [-0.2, -0.15) is 0 Å². The van der Waals surface area contributed by atoms with Crippen LogP contribution in [-0.2, 0) is 14.3 Å². The van der Waals surface area contributed by atoms with Gasteiger partial charge < -0.3 is 14.8 Å². The van der Waals surface area contributed by atoms with Gasteiger partial charge in [-0.3, -0.25) is 4.79 Å². The van der Waals surface area contributed by atoms with Crippen molar-refractivity contribution in [1.82, 2.24) is 5.32 Å². The summed E-state index contributed by atoms with van der Waals surface area (Å²) < 4.78 is 9.93. The van der Waals surface area contributed by atoms with Crippen molar-refractivity contribution in [3.8, 4) is 0 Å². The topological polar surface area (TPSA) is 47.6 Å². The summed E-state index contributed by atoms with van der Waals surface area (Å²) in [5, 5.41) is 3.30. The lowest BCUT2D eigenvalue weighted by atomic mass is 9.99. The highest BCUT2D eigenvalue weighted by Crippen LogP contribution is 2.11. The molecule has 0 unspecified atom stereocenters. The van der Waals surface area contributed by atoms with Crippen LogP contribution in [0.1, 0.15) is 19.3 Å². The van der Waals surface area contributed by atoms with Gasteiger partial charge in [0, 0.05) is 6.61 Å². The Kier molecular flexibility index (Phi) is 8.76. The number of piperidine rings is 1. The molecule has 5 heteroatoms. The quantitative estimate of drug-likeness (QED) is 0.572. The minimum Gasteiger partial charge on any atom is -0.469 e. The van der Waals surface area contributed by atoms with Crippen LogP contribution in [-0.4, -0.2) is 39.4 Å². The molecule has 90 valence electrons. The van der Waals surface area contributed by atoms with Crippen molar-refractivity contribution in [3.05, 3.63) is 0 Å². The predicted molar refractivity (Wildman–Crippen MR) is 60.3 cm³/mol. The summed E-state index contributed by atoms with van der Waals surface area (Å²) in [5.74, 6) is 0.462. The van der Waals surface area contributed by atoms with Crippen LogP contribution in [0.25, 0.3) is 0 Å². The molecule has 1 fully saturated rings. The SMILES string of the molecule is COC(=O)CCOCC1CCNCC1.Cl. The molecule has 1 aliphatic heterocycles. The zero-order valence-corrected chi connectivity index (χ0v) is 9.98. The molecule has 0 saturated carbocycles. The normalized spacial score (nSPS) is 16.9. The Hall–Kier alpha value is -0.320. The minimum atomic E-state index is -0.199. The summed E-state index contributed by atoms with van der Waals surface area (Å²) >= 11 is 0. The van der Waals surface area contributed by atoms with E-state index in [0.717, 1.165) is 19.7 Å². The molecule has 0 atom stereocenters. The van der Waals surface area contributed by atoms with Gasteiger partial charge in [-0.25, -0.2) is 0 Å². The molecule has 0 radical (unpaired) electrons. The first-order valence-electron chi connectivity index (χ1n) is 5.18. The molecule has 4 nitrogen and oxygen atoms in total. The third-order valence-electron chi connectivity index (χ3n) is 2.49. The Bertz CT molecular complexity index is 172. The highest BCUT2D eigenvalue weighted by molar-refractivity contribution is 5.85. The van der Waals surface area contributed by atoms with Gasteiger partial charge >= 0.3 is 5.97 Å². The number of ether oxygens (including phenoxy) is 2. The lowest BCUT2D eigenvalue weighted by Crippen LogP contribution is -2.30. The number of nitrogens with one attached hydrogen (secondary N) is 1. The molecule has 1 heterocycles. The molecule has 0 aliphatic carbocycles. The van der Waals surface area contributed by atoms with Crippen molar-refractivity contribution in [3.63, 3.8) is 0 Å². The second-order valence-electron chi connectivity index (χ2n) is 3.59. The van der Waals surface area contributed by atoms with E-state index in [1.165, 1.54) is 20.0 Å². The first kappa shape index (κ1) is 14.7. The third kappa shape index (κ3) is 6.71. The maximum atomic E-state index is 10.8. The number of halogens is 1. The fourth-order valence-corrected chi connectivity index (χ4v) is 1.56. The molecule has 0 aromatic heterocycles. The number of hydrogen-bond acceptors (Lipinski definition) is 4. The number of hydrogen-bond donors (Lipinski definition) is 1. The Labute approximate surface area is 97.1 Å². The van der Waals surface area contributed by atoms with Gasteiger partial charge in [0.1, 0.15) is 0 Å². The largest absolute Gasteiger partial charge is 0.469 e. The van der Waals surface area contributed by atoms with E-state index >= 15 is 0 Å². The maximum Gasteiger partial charge on any atom is 0.307 e. The molecule has 15 heavy (non-hydrogen) atoms. The second-order valence-corrected chi connectivity index (χ2v) is 3.59. The molecule has 1 saturated heterocycles. The van der Waals surface area contributed by atoms with Gasteiger partial charge in [0.15, 0.2) is 0 Å². The smallest absolute Gasteiger partial charge is 0.307 e. The van der Waals surface area contributed by atoms with Crippen LogP contribution in [0.3, 0.4) is 0 Å². The zero-order valence-electron chi connectivity index (χ0n) is 9.16. The van der Waals surface area contributed by atoms with Crippen molar-refractivity contribution in [2.75, 3.05) is 33.4 Å². The van der Waals surface area contributed by atoms with Gasteiger partial charge in [0.05, 0.1) is 20.1 Å². The molecule has 0 bridgehead atoms. The molecule has 0 spiro atoms. The van der Waals surface area contributed by atoms with Crippen LogP contribution in [0.4, 0.5) is 0 Å². The maximum absolute atomic E-state index is 10.8. The van der Waals surface area contributed by atoms with Crippen molar-refractivity contribution in [2.24, 2.45) is 5.92 Å². The Morgan fingerprint density at radius 3 is 2.67 bits per heavy atom. The number of methoxy groups -OCH3 is 1. The van der Waals surface area contributed by atoms with Crippen LogP contribution >= 0.6 is 12.4 Å². The first-order chi connectivity index (χ1) is 6.83. The molecular formula is C10H20ClNO3. The van der Waals surface area contributed by atoms with Gasteiger partial charge in [0.25, 0.3) is 0 Å². The second kappa shape index (κ2) is 8.95. The van der Waals surface area contributed by atoms with Gasteiger partial charge in [0.2, 0.25) is 0 Å². The Morgan fingerprint density at radius 1 is 1.40 bits per heavy atom. The summed E-state index contributed by atoms with van der Waals surface area (Å²) in [4.78, 5) is 10.8. The van der Waals surface area contributed by atoms with E-state index in [-0.39, 0.29) is 18.4 Å². The number of esters is 1. The summed E-state index contributed by atoms with van der Waals surface area (Å²) in [6.07, 6.45) is 2.72. The minimum absolute atomic E-state index is 0. The average molecular weight is 238 g/mol. The highest BCUT2D eigenvalue weighted by Gasteiger charge is 2.12. The molecule has 0 amide bonds.